The molecular formula is C38H20N2OS. The molecule has 3 nitrogen and oxygen atoms in total. The van der Waals surface area contributed by atoms with Crippen molar-refractivity contribution in [2.24, 2.45) is 0 Å². The maximum atomic E-state index is 10.7. The highest BCUT2D eigenvalue weighted by Gasteiger charge is 2.21. The second-order valence-corrected chi connectivity index (χ2v) is 11.4. The topological polar surface area (TPSA) is 60.7 Å². The minimum absolute atomic E-state index is 0.531. The largest absolute Gasteiger partial charge is 0.456 e. The smallest absolute Gasteiger partial charge is 0.136 e. The number of rotatable bonds is 3. The van der Waals surface area contributed by atoms with E-state index < -0.39 is 0 Å². The van der Waals surface area contributed by atoms with E-state index in [-0.39, 0.29) is 0 Å². The lowest BCUT2D eigenvalue weighted by molar-refractivity contribution is 0.669. The van der Waals surface area contributed by atoms with Gasteiger partial charge in [0.2, 0.25) is 0 Å². The summed E-state index contributed by atoms with van der Waals surface area (Å²) in [6.07, 6.45) is 0. The van der Waals surface area contributed by atoms with E-state index in [1.165, 1.54) is 14.8 Å². The van der Waals surface area contributed by atoms with Crippen LogP contribution in [0.4, 0.5) is 0 Å². The van der Waals surface area contributed by atoms with Crippen LogP contribution in [0.1, 0.15) is 11.1 Å². The molecule has 8 rings (SSSR count). The van der Waals surface area contributed by atoms with Crippen molar-refractivity contribution < 1.29 is 4.42 Å². The fourth-order valence-electron chi connectivity index (χ4n) is 6.17. The molecule has 4 heteroatoms. The summed E-state index contributed by atoms with van der Waals surface area (Å²) in [4.78, 5) is 0. The van der Waals surface area contributed by atoms with Crippen molar-refractivity contribution in [2.45, 2.75) is 0 Å². The molecule has 194 valence electrons. The first-order valence-electron chi connectivity index (χ1n) is 13.6. The van der Waals surface area contributed by atoms with Crippen molar-refractivity contribution >= 4 is 53.4 Å². The molecule has 6 aromatic carbocycles. The Morgan fingerprint density at radius 2 is 1.14 bits per heavy atom. The average molecular weight is 553 g/mol. The summed E-state index contributed by atoms with van der Waals surface area (Å²) >= 11 is 1.76. The minimum Gasteiger partial charge on any atom is -0.456 e. The van der Waals surface area contributed by atoms with E-state index in [2.05, 4.69) is 78.9 Å². The third kappa shape index (κ3) is 3.57. The number of hydrogen-bond donors (Lipinski definition) is 0. The van der Waals surface area contributed by atoms with Gasteiger partial charge in [-0.05, 0) is 59.2 Å². The molecule has 0 aliphatic rings. The van der Waals surface area contributed by atoms with Gasteiger partial charge in [0.25, 0.3) is 0 Å². The van der Waals surface area contributed by atoms with Crippen molar-refractivity contribution in [2.75, 3.05) is 0 Å². The predicted molar refractivity (Wildman–Crippen MR) is 172 cm³/mol. The number of benzene rings is 6. The van der Waals surface area contributed by atoms with Crippen molar-refractivity contribution in [3.63, 3.8) is 0 Å². The fourth-order valence-corrected chi connectivity index (χ4v) is 7.30. The molecule has 2 aromatic heterocycles. The Kier molecular flexibility index (Phi) is 5.44. The van der Waals surface area contributed by atoms with Crippen molar-refractivity contribution in [3.05, 3.63) is 132 Å². The molecule has 0 atom stereocenters. The SMILES string of the molecule is N#Cc1ccccc1-c1cc(-c2cccc3oc4ccccc4c23)cc(-c2cccc3sc4ccccc4c23)c1C#N. The third-order valence-electron chi connectivity index (χ3n) is 7.99. The van der Waals surface area contributed by atoms with E-state index in [0.717, 1.165) is 60.7 Å². The van der Waals surface area contributed by atoms with Gasteiger partial charge < -0.3 is 4.42 Å². The predicted octanol–water partition coefficient (Wildman–Crippen LogP) is 10.7. The van der Waals surface area contributed by atoms with Crippen LogP contribution in [0.25, 0.3) is 75.5 Å². The monoisotopic (exact) mass is 552 g/mol. The van der Waals surface area contributed by atoms with E-state index in [4.69, 9.17) is 4.42 Å². The fraction of sp³-hybridized carbons (Fsp3) is 0. The van der Waals surface area contributed by atoms with Gasteiger partial charge >= 0.3 is 0 Å². The molecule has 0 aliphatic heterocycles. The van der Waals surface area contributed by atoms with Gasteiger partial charge in [0, 0.05) is 47.6 Å². The van der Waals surface area contributed by atoms with Crippen LogP contribution in [0.2, 0.25) is 0 Å². The molecule has 42 heavy (non-hydrogen) atoms. The van der Waals surface area contributed by atoms with Gasteiger partial charge in [-0.25, -0.2) is 0 Å². The maximum absolute atomic E-state index is 10.7. The summed E-state index contributed by atoms with van der Waals surface area (Å²) in [7, 11) is 0. The molecule has 0 radical (unpaired) electrons. The van der Waals surface area contributed by atoms with Gasteiger partial charge in [-0.1, -0.05) is 78.9 Å². The van der Waals surface area contributed by atoms with Crippen LogP contribution >= 0.6 is 11.3 Å². The summed E-state index contributed by atoms with van der Waals surface area (Å²) in [5.74, 6) is 0. The number of furan rings is 1. The second-order valence-electron chi connectivity index (χ2n) is 10.3. The van der Waals surface area contributed by atoms with Crippen LogP contribution in [0, 0.1) is 22.7 Å². The number of hydrogen-bond acceptors (Lipinski definition) is 4. The highest BCUT2D eigenvalue weighted by molar-refractivity contribution is 7.25. The van der Waals surface area contributed by atoms with Crippen molar-refractivity contribution in [1.82, 2.24) is 0 Å². The lowest BCUT2D eigenvalue weighted by Gasteiger charge is -2.16. The molecule has 0 saturated carbocycles. The number of para-hydroxylation sites is 1. The first kappa shape index (κ1) is 24.1. The third-order valence-corrected chi connectivity index (χ3v) is 9.13. The number of nitriles is 2. The van der Waals surface area contributed by atoms with Gasteiger partial charge in [0.15, 0.2) is 0 Å². The molecule has 0 saturated heterocycles. The summed E-state index contributed by atoms with van der Waals surface area (Å²) in [5.41, 5.74) is 8.02. The molecular weight excluding hydrogens is 532 g/mol. The van der Waals surface area contributed by atoms with Crippen LogP contribution in [0.5, 0.6) is 0 Å². The highest BCUT2D eigenvalue weighted by Crippen LogP contribution is 2.45. The highest BCUT2D eigenvalue weighted by atomic mass is 32.1. The molecule has 0 aliphatic carbocycles. The van der Waals surface area contributed by atoms with Crippen LogP contribution < -0.4 is 0 Å². The average Bonchev–Trinajstić information content (AvgIpc) is 3.62. The summed E-state index contributed by atoms with van der Waals surface area (Å²) in [6, 6.07) is 45.5. The zero-order chi connectivity index (χ0) is 28.2. The van der Waals surface area contributed by atoms with Gasteiger partial charge in [-0.2, -0.15) is 10.5 Å². The number of nitrogens with zero attached hydrogens (tertiary/aromatic N) is 2. The van der Waals surface area contributed by atoms with Gasteiger partial charge in [-0.3, -0.25) is 0 Å². The Morgan fingerprint density at radius 3 is 2.00 bits per heavy atom. The molecule has 8 aromatic rings. The molecule has 2 heterocycles. The molecule has 0 N–H and O–H groups in total. The second kappa shape index (κ2) is 9.46. The van der Waals surface area contributed by atoms with Crippen molar-refractivity contribution in [3.8, 4) is 45.5 Å². The first-order chi connectivity index (χ1) is 20.7. The normalized spacial score (nSPS) is 11.3. The maximum Gasteiger partial charge on any atom is 0.136 e. The minimum atomic E-state index is 0.531. The Labute approximate surface area is 245 Å². The van der Waals surface area contributed by atoms with E-state index in [1.807, 2.05) is 48.5 Å². The number of fused-ring (bicyclic) bond motifs is 6. The van der Waals surface area contributed by atoms with Gasteiger partial charge in [0.1, 0.15) is 17.2 Å². The van der Waals surface area contributed by atoms with Crippen LogP contribution in [-0.4, -0.2) is 0 Å². The Hall–Kier alpha value is -5.68. The molecule has 0 unspecified atom stereocenters. The molecule has 0 spiro atoms. The summed E-state index contributed by atoms with van der Waals surface area (Å²) < 4.78 is 8.61. The quantitative estimate of drug-likeness (QED) is 0.219. The molecule has 0 fully saturated rings. The van der Waals surface area contributed by atoms with Gasteiger partial charge in [-0.15, -0.1) is 11.3 Å². The van der Waals surface area contributed by atoms with E-state index in [9.17, 15) is 10.5 Å². The van der Waals surface area contributed by atoms with E-state index in [1.54, 1.807) is 17.4 Å². The lowest BCUT2D eigenvalue weighted by atomic mass is 9.85. The zero-order valence-electron chi connectivity index (χ0n) is 22.3. The van der Waals surface area contributed by atoms with Crippen molar-refractivity contribution in [1.29, 1.82) is 10.5 Å². The van der Waals surface area contributed by atoms with Crippen LogP contribution in [0.15, 0.2) is 126 Å². The molecule has 0 amide bonds. The Bertz CT molecular complexity index is 2450. The van der Waals surface area contributed by atoms with E-state index in [0.29, 0.717) is 11.1 Å². The molecule has 0 bridgehead atoms. The van der Waals surface area contributed by atoms with Gasteiger partial charge in [0.05, 0.1) is 17.2 Å². The summed E-state index contributed by atoms with van der Waals surface area (Å²) in [6.45, 7) is 0. The first-order valence-corrected chi connectivity index (χ1v) is 14.5. The summed E-state index contributed by atoms with van der Waals surface area (Å²) in [5, 5.41) is 25.1. The van der Waals surface area contributed by atoms with E-state index >= 15 is 0 Å². The lowest BCUT2D eigenvalue weighted by Crippen LogP contribution is -1.95. The number of thiophene rings is 1. The van der Waals surface area contributed by atoms with Crippen LogP contribution in [-0.2, 0) is 0 Å². The standard InChI is InChI=1S/C38H20N2OS/c39-21-23-9-1-2-10-25(23)30-19-24(26-13-7-16-34-37(26)28-11-3-5-15-33(28)41-34)20-31(32(30)22-40)27-14-8-18-36-38(27)29-12-4-6-17-35(29)42-36/h1-20H. The van der Waals surface area contributed by atoms with Crippen LogP contribution in [0.3, 0.4) is 0 Å². The zero-order valence-corrected chi connectivity index (χ0v) is 23.1. The Morgan fingerprint density at radius 1 is 0.500 bits per heavy atom. The Balaban J connectivity index is 1.53.